The number of benzene rings is 2. The zero-order valence-electron chi connectivity index (χ0n) is 26.5. The van der Waals surface area contributed by atoms with Gasteiger partial charge in [0, 0.05) is 52.1 Å². The minimum atomic E-state index is -3.45. The Kier molecular flexibility index (Phi) is 9.58. The molecule has 2 aromatic carbocycles. The summed E-state index contributed by atoms with van der Waals surface area (Å²) >= 11 is 0. The molecule has 8 heteroatoms. The van der Waals surface area contributed by atoms with Crippen LogP contribution in [-0.4, -0.2) is 78.4 Å². The number of carbonyl (C=O) groups is 2. The third kappa shape index (κ3) is 7.08. The lowest BCUT2D eigenvalue weighted by atomic mass is 9.82. The molecule has 2 fully saturated rings. The van der Waals surface area contributed by atoms with Gasteiger partial charge in [-0.1, -0.05) is 63.2 Å². The van der Waals surface area contributed by atoms with Crippen LogP contribution in [0.1, 0.15) is 84.9 Å². The Bertz CT molecular complexity index is 1340. The summed E-state index contributed by atoms with van der Waals surface area (Å²) in [4.78, 5) is 32.3. The van der Waals surface area contributed by atoms with E-state index in [-0.39, 0.29) is 29.3 Å². The number of likely N-dealkylation sites (tertiary alicyclic amines) is 1. The summed E-state index contributed by atoms with van der Waals surface area (Å²) in [6, 6.07) is 17.7. The molecule has 0 N–H and O–H groups in total. The van der Waals surface area contributed by atoms with Crippen molar-refractivity contribution in [3.63, 3.8) is 0 Å². The summed E-state index contributed by atoms with van der Waals surface area (Å²) in [5.41, 5.74) is 2.06. The summed E-state index contributed by atoms with van der Waals surface area (Å²) in [6.45, 7) is 17.0. The molecule has 0 saturated carbocycles. The topological polar surface area (TPSA) is 78.0 Å². The summed E-state index contributed by atoms with van der Waals surface area (Å²) in [7, 11) is -3.45. The van der Waals surface area contributed by atoms with E-state index >= 15 is 0 Å². The van der Waals surface area contributed by atoms with E-state index in [0.717, 1.165) is 50.1 Å². The molecule has 42 heavy (non-hydrogen) atoms. The van der Waals surface area contributed by atoms with Crippen LogP contribution in [0, 0.1) is 11.3 Å². The summed E-state index contributed by atoms with van der Waals surface area (Å²) < 4.78 is 25.3. The predicted octanol–water partition coefficient (Wildman–Crippen LogP) is 5.56. The smallest absolute Gasteiger partial charge is 0.223 e. The molecule has 0 radical (unpaired) electrons. The van der Waals surface area contributed by atoms with Gasteiger partial charge >= 0.3 is 0 Å². The number of hydrogen-bond acceptors (Lipinski definition) is 5. The van der Waals surface area contributed by atoms with Gasteiger partial charge in [0.25, 0.3) is 0 Å². The Morgan fingerprint density at radius 2 is 1.40 bits per heavy atom. The SMILES string of the molecule is CC(=O)N1CCC(CC(=O)N2CCN(C(c3ccccc3)c3ccc(S(=O)(=O)C(C)(C)C)cc3)C[C@@H]2C(C)(C)C)CC1. The van der Waals surface area contributed by atoms with E-state index in [1.54, 1.807) is 39.8 Å². The van der Waals surface area contributed by atoms with Crippen molar-refractivity contribution in [3.05, 3.63) is 65.7 Å². The minimum Gasteiger partial charge on any atom is -0.343 e. The highest BCUT2D eigenvalue weighted by molar-refractivity contribution is 7.92. The molecule has 2 amide bonds. The predicted molar refractivity (Wildman–Crippen MR) is 168 cm³/mol. The Morgan fingerprint density at radius 3 is 1.93 bits per heavy atom. The lowest BCUT2D eigenvalue weighted by molar-refractivity contribution is -0.141. The highest BCUT2D eigenvalue weighted by Crippen LogP contribution is 2.37. The van der Waals surface area contributed by atoms with Gasteiger partial charge < -0.3 is 9.80 Å². The molecule has 0 aliphatic carbocycles. The van der Waals surface area contributed by atoms with Gasteiger partial charge in [0.05, 0.1) is 15.7 Å². The number of piperazine rings is 1. The second-order valence-electron chi connectivity index (χ2n) is 14.1. The quantitative estimate of drug-likeness (QED) is 0.437. The van der Waals surface area contributed by atoms with Gasteiger partial charge in [-0.15, -0.1) is 0 Å². The van der Waals surface area contributed by atoms with Crippen molar-refractivity contribution in [2.45, 2.75) is 89.5 Å². The maximum atomic E-state index is 13.7. The summed E-state index contributed by atoms with van der Waals surface area (Å²) in [5, 5.41) is 0. The van der Waals surface area contributed by atoms with Crippen LogP contribution >= 0.6 is 0 Å². The molecule has 4 rings (SSSR count). The fraction of sp³-hybridized carbons (Fsp3) is 0.588. The van der Waals surface area contributed by atoms with Gasteiger partial charge in [0.1, 0.15) is 0 Å². The Hall–Kier alpha value is -2.71. The molecule has 7 nitrogen and oxygen atoms in total. The number of amides is 2. The van der Waals surface area contributed by atoms with Crippen LogP contribution in [0.3, 0.4) is 0 Å². The average Bonchev–Trinajstić information content (AvgIpc) is 2.93. The van der Waals surface area contributed by atoms with Crippen LogP contribution in [0.15, 0.2) is 59.5 Å². The fourth-order valence-electron chi connectivity index (χ4n) is 6.33. The van der Waals surface area contributed by atoms with E-state index < -0.39 is 14.6 Å². The lowest BCUT2D eigenvalue weighted by Crippen LogP contribution is -2.60. The molecular formula is C34H49N3O4S. The van der Waals surface area contributed by atoms with E-state index in [2.05, 4.69) is 42.7 Å². The van der Waals surface area contributed by atoms with E-state index in [9.17, 15) is 18.0 Å². The molecule has 2 saturated heterocycles. The first-order valence-electron chi connectivity index (χ1n) is 15.3. The number of piperidine rings is 1. The van der Waals surface area contributed by atoms with Gasteiger partial charge in [0.2, 0.25) is 11.8 Å². The van der Waals surface area contributed by atoms with Crippen molar-refractivity contribution >= 4 is 21.7 Å². The molecule has 2 aliphatic heterocycles. The standard InChI is InChI=1S/C34H49N3O4S/c1-25(38)35-19-17-26(18-20-35)23-31(39)37-22-21-36(24-30(37)33(2,3)4)32(27-11-9-8-10-12-27)28-13-15-29(16-14-28)42(40,41)34(5,6)7/h8-16,26,30,32H,17-24H2,1-7H3/t30-,32?/m1/s1. The molecule has 2 atom stereocenters. The average molecular weight is 596 g/mol. The van der Waals surface area contributed by atoms with Crippen LogP contribution in [0.25, 0.3) is 0 Å². The van der Waals surface area contributed by atoms with E-state index in [4.69, 9.17) is 0 Å². The molecule has 2 aromatic rings. The maximum absolute atomic E-state index is 13.7. The molecule has 2 heterocycles. The monoisotopic (exact) mass is 595 g/mol. The molecule has 230 valence electrons. The largest absolute Gasteiger partial charge is 0.343 e. The second kappa shape index (κ2) is 12.5. The zero-order valence-corrected chi connectivity index (χ0v) is 27.3. The van der Waals surface area contributed by atoms with Crippen LogP contribution in [-0.2, 0) is 19.4 Å². The molecule has 1 unspecified atom stereocenters. The molecular weight excluding hydrogens is 546 g/mol. The number of sulfone groups is 1. The maximum Gasteiger partial charge on any atom is 0.223 e. The highest BCUT2D eigenvalue weighted by atomic mass is 32.2. The van der Waals surface area contributed by atoms with Gasteiger partial charge in [-0.3, -0.25) is 14.5 Å². The molecule has 0 aromatic heterocycles. The second-order valence-corrected chi connectivity index (χ2v) is 16.8. The van der Waals surface area contributed by atoms with Crippen LogP contribution in [0.5, 0.6) is 0 Å². The first-order valence-corrected chi connectivity index (χ1v) is 16.8. The van der Waals surface area contributed by atoms with Gasteiger partial charge in [0.15, 0.2) is 9.84 Å². The Labute approximate surface area is 253 Å². The van der Waals surface area contributed by atoms with Crippen LogP contribution in [0.4, 0.5) is 0 Å². The van der Waals surface area contributed by atoms with Crippen LogP contribution < -0.4 is 0 Å². The number of carbonyl (C=O) groups excluding carboxylic acids is 2. The summed E-state index contributed by atoms with van der Waals surface area (Å²) in [6.07, 6.45) is 2.29. The van der Waals surface area contributed by atoms with Crippen molar-refractivity contribution in [1.29, 1.82) is 0 Å². The van der Waals surface area contributed by atoms with Crippen molar-refractivity contribution in [3.8, 4) is 0 Å². The first kappa shape index (κ1) is 32.2. The zero-order chi connectivity index (χ0) is 30.9. The summed E-state index contributed by atoms with van der Waals surface area (Å²) in [5.74, 6) is 0.637. The van der Waals surface area contributed by atoms with Crippen molar-refractivity contribution in [1.82, 2.24) is 14.7 Å². The van der Waals surface area contributed by atoms with Crippen molar-refractivity contribution in [2.24, 2.45) is 11.3 Å². The van der Waals surface area contributed by atoms with Crippen LogP contribution in [0.2, 0.25) is 0 Å². The Morgan fingerprint density at radius 1 is 0.833 bits per heavy atom. The van der Waals surface area contributed by atoms with Gasteiger partial charge in [-0.25, -0.2) is 8.42 Å². The van der Waals surface area contributed by atoms with Crippen molar-refractivity contribution < 1.29 is 18.0 Å². The molecule has 0 spiro atoms. The lowest BCUT2D eigenvalue weighted by Gasteiger charge is -2.50. The molecule has 2 aliphatic rings. The minimum absolute atomic E-state index is 0.0304. The van der Waals surface area contributed by atoms with E-state index in [1.807, 2.05) is 35.2 Å². The number of nitrogens with zero attached hydrogens (tertiary/aromatic N) is 3. The number of rotatable bonds is 6. The normalized spacial score (nSPS) is 20.4. The fourth-order valence-corrected chi connectivity index (χ4v) is 7.53. The first-order chi connectivity index (χ1) is 19.6. The molecule has 0 bridgehead atoms. The van der Waals surface area contributed by atoms with E-state index in [0.29, 0.717) is 23.8 Å². The highest BCUT2D eigenvalue weighted by Gasteiger charge is 2.41. The van der Waals surface area contributed by atoms with Gasteiger partial charge in [-0.2, -0.15) is 0 Å². The third-order valence-electron chi connectivity index (χ3n) is 9.05. The van der Waals surface area contributed by atoms with E-state index in [1.165, 1.54) is 0 Å². The Balaban J connectivity index is 1.57. The number of hydrogen-bond donors (Lipinski definition) is 0. The van der Waals surface area contributed by atoms with Crippen molar-refractivity contribution in [2.75, 3.05) is 32.7 Å². The third-order valence-corrected chi connectivity index (χ3v) is 11.6. The van der Waals surface area contributed by atoms with Gasteiger partial charge in [-0.05, 0) is 68.2 Å².